The number of aliphatic imine (C=N–C) groups is 1. The standard InChI is InChI=1S/C18H28FN3OS.HI/c1-3-20-17(21-13-15-6-5-7-16(19)12-15)22-14-18(24-4-2)8-10-23-11-9-18;/h5-7,12H,3-4,8-11,13-14H2,1-2H3,(H2,20,21,22);1H. The first-order valence-electron chi connectivity index (χ1n) is 8.66. The van der Waals surface area contributed by atoms with Gasteiger partial charge >= 0.3 is 0 Å². The van der Waals surface area contributed by atoms with Crippen molar-refractivity contribution in [1.29, 1.82) is 0 Å². The minimum atomic E-state index is -0.221. The van der Waals surface area contributed by atoms with Crippen LogP contribution in [-0.2, 0) is 11.3 Å². The van der Waals surface area contributed by atoms with Gasteiger partial charge in [0.15, 0.2) is 5.96 Å². The van der Waals surface area contributed by atoms with Crippen LogP contribution in [0.1, 0.15) is 32.3 Å². The molecule has 0 bridgehead atoms. The zero-order valence-electron chi connectivity index (χ0n) is 15.0. The molecule has 1 aliphatic rings. The Morgan fingerprint density at radius 1 is 1.28 bits per heavy atom. The van der Waals surface area contributed by atoms with Crippen molar-refractivity contribution < 1.29 is 9.13 Å². The summed E-state index contributed by atoms with van der Waals surface area (Å²) in [5.74, 6) is 1.66. The molecule has 1 heterocycles. The molecule has 1 aromatic carbocycles. The van der Waals surface area contributed by atoms with Gasteiger partial charge in [0.1, 0.15) is 5.82 Å². The molecule has 2 N–H and O–H groups in total. The summed E-state index contributed by atoms with van der Waals surface area (Å²) in [6.07, 6.45) is 2.11. The number of benzene rings is 1. The molecule has 0 unspecified atom stereocenters. The molecule has 0 aromatic heterocycles. The third-order valence-corrected chi connectivity index (χ3v) is 5.54. The average molecular weight is 481 g/mol. The molecule has 142 valence electrons. The van der Waals surface area contributed by atoms with E-state index in [4.69, 9.17) is 4.74 Å². The van der Waals surface area contributed by atoms with Crippen LogP contribution in [0.25, 0.3) is 0 Å². The summed E-state index contributed by atoms with van der Waals surface area (Å²) in [5, 5.41) is 6.74. The van der Waals surface area contributed by atoms with Gasteiger partial charge in [0.2, 0.25) is 0 Å². The Morgan fingerprint density at radius 3 is 2.68 bits per heavy atom. The van der Waals surface area contributed by atoms with Crippen LogP contribution in [0.3, 0.4) is 0 Å². The lowest BCUT2D eigenvalue weighted by Gasteiger charge is -2.37. The van der Waals surface area contributed by atoms with Crippen molar-refractivity contribution >= 4 is 41.7 Å². The first-order chi connectivity index (χ1) is 11.7. The van der Waals surface area contributed by atoms with Crippen molar-refractivity contribution in [2.45, 2.75) is 38.0 Å². The highest BCUT2D eigenvalue weighted by Crippen LogP contribution is 2.34. The molecule has 0 amide bonds. The zero-order valence-corrected chi connectivity index (χ0v) is 18.2. The lowest BCUT2D eigenvalue weighted by atomic mass is 9.99. The van der Waals surface area contributed by atoms with Gasteiger partial charge in [-0.15, -0.1) is 24.0 Å². The molecule has 1 fully saturated rings. The molecule has 1 aromatic rings. The highest BCUT2D eigenvalue weighted by atomic mass is 127. The lowest BCUT2D eigenvalue weighted by molar-refractivity contribution is 0.0782. The normalized spacial score (nSPS) is 16.8. The molecule has 2 rings (SSSR count). The smallest absolute Gasteiger partial charge is 0.191 e. The Balaban J connectivity index is 0.00000312. The van der Waals surface area contributed by atoms with E-state index in [0.717, 1.165) is 56.4 Å². The molecule has 7 heteroatoms. The van der Waals surface area contributed by atoms with Crippen molar-refractivity contribution in [3.63, 3.8) is 0 Å². The summed E-state index contributed by atoms with van der Waals surface area (Å²) in [5.41, 5.74) is 0.871. The molecule has 1 saturated heterocycles. The maximum Gasteiger partial charge on any atom is 0.191 e. The van der Waals surface area contributed by atoms with Crippen molar-refractivity contribution in [3.8, 4) is 0 Å². The lowest BCUT2D eigenvalue weighted by Crippen LogP contribution is -2.48. The second kappa shape index (κ2) is 12.0. The van der Waals surface area contributed by atoms with E-state index in [1.165, 1.54) is 12.1 Å². The van der Waals surface area contributed by atoms with Crippen LogP contribution in [0.2, 0.25) is 0 Å². The largest absolute Gasteiger partial charge is 0.381 e. The van der Waals surface area contributed by atoms with Gasteiger partial charge in [-0.05, 0) is 43.2 Å². The molecule has 4 nitrogen and oxygen atoms in total. The van der Waals surface area contributed by atoms with Crippen molar-refractivity contribution in [3.05, 3.63) is 35.6 Å². The van der Waals surface area contributed by atoms with Gasteiger partial charge in [-0.1, -0.05) is 19.1 Å². The van der Waals surface area contributed by atoms with Gasteiger partial charge < -0.3 is 15.4 Å². The van der Waals surface area contributed by atoms with Crippen LogP contribution in [0, 0.1) is 5.82 Å². The monoisotopic (exact) mass is 481 g/mol. The third-order valence-electron chi connectivity index (χ3n) is 4.09. The second-order valence-corrected chi connectivity index (χ2v) is 7.64. The van der Waals surface area contributed by atoms with Crippen LogP contribution in [-0.4, -0.2) is 42.8 Å². The van der Waals surface area contributed by atoms with Gasteiger partial charge in [0.25, 0.3) is 0 Å². The summed E-state index contributed by atoms with van der Waals surface area (Å²) in [6.45, 7) is 8.02. The molecular formula is C18H29FIN3OS. The summed E-state index contributed by atoms with van der Waals surface area (Å²) >= 11 is 2.00. The highest BCUT2D eigenvalue weighted by molar-refractivity contribution is 14.0. The van der Waals surface area contributed by atoms with Crippen LogP contribution in [0.15, 0.2) is 29.3 Å². The van der Waals surface area contributed by atoms with Crippen LogP contribution in [0.5, 0.6) is 0 Å². The predicted octanol–water partition coefficient (Wildman–Crippen LogP) is 3.80. The SMILES string of the molecule is CCNC(=NCc1cccc(F)c1)NCC1(SCC)CCOCC1.I. The number of halogens is 2. The molecule has 1 aliphatic heterocycles. The Labute approximate surface area is 171 Å². The fourth-order valence-corrected chi connectivity index (χ4v) is 4.06. The molecule has 0 spiro atoms. The highest BCUT2D eigenvalue weighted by Gasteiger charge is 2.32. The van der Waals surface area contributed by atoms with E-state index in [9.17, 15) is 4.39 Å². The Bertz CT molecular complexity index is 533. The van der Waals surface area contributed by atoms with E-state index in [-0.39, 0.29) is 34.5 Å². The molecule has 0 atom stereocenters. The van der Waals surface area contributed by atoms with Crippen molar-refractivity contribution in [2.75, 3.05) is 32.1 Å². The van der Waals surface area contributed by atoms with E-state index in [0.29, 0.717) is 6.54 Å². The predicted molar refractivity (Wildman–Crippen MR) is 116 cm³/mol. The second-order valence-electron chi connectivity index (χ2n) is 5.91. The Morgan fingerprint density at radius 2 is 2.04 bits per heavy atom. The Kier molecular flexibility index (Phi) is 10.8. The summed E-state index contributed by atoms with van der Waals surface area (Å²) in [4.78, 5) is 4.59. The molecule has 0 aliphatic carbocycles. The van der Waals surface area contributed by atoms with Crippen LogP contribution in [0.4, 0.5) is 4.39 Å². The number of hydrogen-bond acceptors (Lipinski definition) is 3. The van der Waals surface area contributed by atoms with Crippen LogP contribution < -0.4 is 10.6 Å². The number of ether oxygens (including phenoxy) is 1. The Hall–Kier alpha value is -0.540. The topological polar surface area (TPSA) is 45.7 Å². The van der Waals surface area contributed by atoms with E-state index < -0.39 is 0 Å². The fourth-order valence-electron chi connectivity index (χ4n) is 2.81. The van der Waals surface area contributed by atoms with Gasteiger partial charge in [0.05, 0.1) is 6.54 Å². The molecular weight excluding hydrogens is 452 g/mol. The quantitative estimate of drug-likeness (QED) is 0.354. The first-order valence-corrected chi connectivity index (χ1v) is 9.64. The maximum absolute atomic E-state index is 13.3. The number of hydrogen-bond donors (Lipinski definition) is 2. The maximum atomic E-state index is 13.3. The molecule has 0 radical (unpaired) electrons. The van der Waals surface area contributed by atoms with Gasteiger partial charge in [-0.25, -0.2) is 9.38 Å². The number of guanidine groups is 1. The molecule has 25 heavy (non-hydrogen) atoms. The van der Waals surface area contributed by atoms with Crippen molar-refractivity contribution in [1.82, 2.24) is 10.6 Å². The van der Waals surface area contributed by atoms with E-state index >= 15 is 0 Å². The summed E-state index contributed by atoms with van der Waals surface area (Å²) in [7, 11) is 0. The first kappa shape index (κ1) is 22.5. The zero-order chi connectivity index (χ0) is 17.3. The third kappa shape index (κ3) is 7.70. The number of rotatable bonds is 7. The minimum absolute atomic E-state index is 0. The summed E-state index contributed by atoms with van der Waals surface area (Å²) in [6, 6.07) is 6.59. The minimum Gasteiger partial charge on any atom is -0.381 e. The van der Waals surface area contributed by atoms with Gasteiger partial charge in [0, 0.05) is 31.1 Å². The van der Waals surface area contributed by atoms with E-state index in [2.05, 4.69) is 22.5 Å². The van der Waals surface area contributed by atoms with Gasteiger partial charge in [-0.3, -0.25) is 0 Å². The van der Waals surface area contributed by atoms with E-state index in [1.807, 2.05) is 24.8 Å². The average Bonchev–Trinajstić information content (AvgIpc) is 2.59. The van der Waals surface area contributed by atoms with E-state index in [1.54, 1.807) is 6.07 Å². The van der Waals surface area contributed by atoms with Crippen molar-refractivity contribution in [2.24, 2.45) is 4.99 Å². The summed E-state index contributed by atoms with van der Waals surface area (Å²) < 4.78 is 19.0. The number of thioether (sulfide) groups is 1. The molecule has 0 saturated carbocycles. The number of nitrogens with one attached hydrogen (secondary N) is 2. The fraction of sp³-hybridized carbons (Fsp3) is 0.611. The van der Waals surface area contributed by atoms with Gasteiger partial charge in [-0.2, -0.15) is 11.8 Å². The number of nitrogens with zero attached hydrogens (tertiary/aromatic N) is 1. The van der Waals surface area contributed by atoms with Crippen LogP contribution >= 0.6 is 35.7 Å².